The molecule has 0 aliphatic heterocycles. The number of nitrogen functional groups attached to an aromatic ring is 1. The van der Waals surface area contributed by atoms with Crippen molar-refractivity contribution in [1.29, 1.82) is 0 Å². The minimum Gasteiger partial charge on any atom is -0.398 e. The molecule has 0 bridgehead atoms. The highest BCUT2D eigenvalue weighted by molar-refractivity contribution is 5.94. The van der Waals surface area contributed by atoms with Crippen molar-refractivity contribution in [2.24, 2.45) is 0 Å². The second kappa shape index (κ2) is 5.92. The van der Waals surface area contributed by atoms with Crippen molar-refractivity contribution in [3.05, 3.63) is 29.3 Å². The number of alkyl halides is 3. The lowest BCUT2D eigenvalue weighted by Crippen LogP contribution is -2.31. The van der Waals surface area contributed by atoms with Gasteiger partial charge in [-0.15, -0.1) is 0 Å². The fourth-order valence-electron chi connectivity index (χ4n) is 1.44. The maximum absolute atomic E-state index is 12.6. The third-order valence-electron chi connectivity index (χ3n) is 2.47. The van der Waals surface area contributed by atoms with Crippen LogP contribution in [0.25, 0.3) is 0 Å². The topological polar surface area (TPSA) is 58.4 Å². The van der Waals surface area contributed by atoms with Gasteiger partial charge in [-0.2, -0.15) is 13.2 Å². The van der Waals surface area contributed by atoms with Crippen LogP contribution in [0.3, 0.4) is 0 Å². The fourth-order valence-corrected chi connectivity index (χ4v) is 1.44. The number of nitrogens with one attached hydrogen (secondary N) is 1. The molecular formula is C12H16F3N3O. The first kappa shape index (κ1) is 15.3. The van der Waals surface area contributed by atoms with Crippen molar-refractivity contribution in [3.8, 4) is 0 Å². The molecule has 106 valence electrons. The van der Waals surface area contributed by atoms with Crippen molar-refractivity contribution in [3.63, 3.8) is 0 Å². The number of amides is 1. The van der Waals surface area contributed by atoms with E-state index in [0.29, 0.717) is 13.1 Å². The van der Waals surface area contributed by atoms with Crippen LogP contribution in [0.4, 0.5) is 18.9 Å². The molecule has 0 aromatic heterocycles. The molecule has 0 unspecified atom stereocenters. The number of nitrogens with zero attached hydrogens (tertiary/aromatic N) is 1. The van der Waals surface area contributed by atoms with Gasteiger partial charge < -0.3 is 16.0 Å². The summed E-state index contributed by atoms with van der Waals surface area (Å²) in [6, 6.07) is 3.12. The third-order valence-corrected chi connectivity index (χ3v) is 2.47. The van der Waals surface area contributed by atoms with Crippen LogP contribution in [0.2, 0.25) is 0 Å². The Kier molecular flexibility index (Phi) is 4.77. The lowest BCUT2D eigenvalue weighted by molar-refractivity contribution is -0.136. The van der Waals surface area contributed by atoms with Crippen LogP contribution in [-0.4, -0.2) is 38.0 Å². The lowest BCUT2D eigenvalue weighted by atomic mass is 10.1. The predicted molar refractivity (Wildman–Crippen MR) is 66.7 cm³/mol. The van der Waals surface area contributed by atoms with E-state index < -0.39 is 23.3 Å². The molecule has 3 N–H and O–H groups in total. The van der Waals surface area contributed by atoms with Crippen LogP contribution in [0.5, 0.6) is 0 Å². The molecule has 0 spiro atoms. The van der Waals surface area contributed by atoms with E-state index in [9.17, 15) is 18.0 Å². The molecule has 0 radical (unpaired) electrons. The van der Waals surface area contributed by atoms with Crippen LogP contribution in [0.1, 0.15) is 15.9 Å². The largest absolute Gasteiger partial charge is 0.418 e. The summed E-state index contributed by atoms with van der Waals surface area (Å²) < 4.78 is 37.9. The molecule has 1 aromatic carbocycles. The van der Waals surface area contributed by atoms with Gasteiger partial charge in [0.15, 0.2) is 0 Å². The van der Waals surface area contributed by atoms with Crippen molar-refractivity contribution >= 4 is 11.6 Å². The van der Waals surface area contributed by atoms with Crippen molar-refractivity contribution in [1.82, 2.24) is 10.2 Å². The second-order valence-electron chi connectivity index (χ2n) is 4.36. The Morgan fingerprint density at radius 1 is 1.37 bits per heavy atom. The first-order chi connectivity index (χ1) is 8.71. The smallest absolute Gasteiger partial charge is 0.398 e. The molecule has 1 aromatic rings. The third kappa shape index (κ3) is 4.44. The van der Waals surface area contributed by atoms with E-state index in [2.05, 4.69) is 5.32 Å². The van der Waals surface area contributed by atoms with Crippen LogP contribution < -0.4 is 11.1 Å². The zero-order valence-corrected chi connectivity index (χ0v) is 10.7. The Bertz CT molecular complexity index is 458. The second-order valence-corrected chi connectivity index (χ2v) is 4.36. The maximum atomic E-state index is 12.6. The standard InChI is InChI=1S/C12H16F3N3O/c1-18(2)6-5-17-11(19)8-3-4-10(16)9(7-8)12(13,14)15/h3-4,7H,5-6,16H2,1-2H3,(H,17,19). The van der Waals surface area contributed by atoms with Crippen LogP contribution in [0.15, 0.2) is 18.2 Å². The zero-order chi connectivity index (χ0) is 14.6. The molecule has 0 heterocycles. The van der Waals surface area contributed by atoms with Crippen LogP contribution in [-0.2, 0) is 6.18 Å². The van der Waals surface area contributed by atoms with Crippen LogP contribution >= 0.6 is 0 Å². The Labute approximate surface area is 109 Å². The molecular weight excluding hydrogens is 259 g/mol. The van der Waals surface area contributed by atoms with Gasteiger partial charge in [-0.1, -0.05) is 0 Å². The summed E-state index contributed by atoms with van der Waals surface area (Å²) in [6.45, 7) is 0.963. The number of halogens is 3. The summed E-state index contributed by atoms with van der Waals surface area (Å²) in [4.78, 5) is 13.5. The van der Waals surface area contributed by atoms with Gasteiger partial charge in [0, 0.05) is 24.3 Å². The molecule has 0 saturated carbocycles. The molecule has 0 fully saturated rings. The number of rotatable bonds is 4. The number of nitrogens with two attached hydrogens (primary N) is 1. The molecule has 7 heteroatoms. The van der Waals surface area contributed by atoms with E-state index in [1.165, 1.54) is 6.07 Å². The fraction of sp³-hybridized carbons (Fsp3) is 0.417. The molecule has 19 heavy (non-hydrogen) atoms. The average Bonchev–Trinajstić information content (AvgIpc) is 2.27. The number of hydrogen-bond donors (Lipinski definition) is 2. The summed E-state index contributed by atoms with van der Waals surface area (Å²) >= 11 is 0. The minimum atomic E-state index is -4.57. The molecule has 1 rings (SSSR count). The first-order valence-corrected chi connectivity index (χ1v) is 5.61. The summed E-state index contributed by atoms with van der Waals surface area (Å²) in [7, 11) is 3.66. The molecule has 0 aliphatic carbocycles. The van der Waals surface area contributed by atoms with E-state index in [1.807, 2.05) is 19.0 Å². The molecule has 1 amide bonds. The number of benzene rings is 1. The van der Waals surface area contributed by atoms with Gasteiger partial charge in [-0.3, -0.25) is 4.79 Å². The van der Waals surface area contributed by atoms with E-state index in [-0.39, 0.29) is 5.56 Å². The van der Waals surface area contributed by atoms with E-state index >= 15 is 0 Å². The van der Waals surface area contributed by atoms with Crippen LogP contribution in [0, 0.1) is 0 Å². The molecule has 4 nitrogen and oxygen atoms in total. The molecule has 0 saturated heterocycles. The Morgan fingerprint density at radius 3 is 2.53 bits per heavy atom. The minimum absolute atomic E-state index is 0.0553. The van der Waals surface area contributed by atoms with Gasteiger partial charge >= 0.3 is 6.18 Å². The van der Waals surface area contributed by atoms with E-state index in [4.69, 9.17) is 5.73 Å². The molecule has 0 aliphatic rings. The van der Waals surface area contributed by atoms with Gasteiger partial charge in [0.25, 0.3) is 5.91 Å². The highest BCUT2D eigenvalue weighted by Gasteiger charge is 2.33. The van der Waals surface area contributed by atoms with Crippen molar-refractivity contribution < 1.29 is 18.0 Å². The number of anilines is 1. The summed E-state index contributed by atoms with van der Waals surface area (Å²) in [5, 5.41) is 2.54. The Hall–Kier alpha value is -1.76. The highest BCUT2D eigenvalue weighted by atomic mass is 19.4. The summed E-state index contributed by atoms with van der Waals surface area (Å²) in [6.07, 6.45) is -4.57. The predicted octanol–water partition coefficient (Wildman–Crippen LogP) is 1.58. The number of carbonyl (C=O) groups excluding carboxylic acids is 1. The first-order valence-electron chi connectivity index (χ1n) is 5.61. The highest BCUT2D eigenvalue weighted by Crippen LogP contribution is 2.33. The van der Waals surface area contributed by atoms with Gasteiger partial charge in [0.05, 0.1) is 5.56 Å². The SMILES string of the molecule is CN(C)CCNC(=O)c1ccc(N)c(C(F)(F)F)c1. The monoisotopic (exact) mass is 275 g/mol. The number of carbonyl (C=O) groups is 1. The van der Waals surface area contributed by atoms with E-state index in [0.717, 1.165) is 12.1 Å². The maximum Gasteiger partial charge on any atom is 0.418 e. The summed E-state index contributed by atoms with van der Waals surface area (Å²) in [5.41, 5.74) is 3.82. The van der Waals surface area contributed by atoms with Crippen molar-refractivity contribution in [2.75, 3.05) is 32.9 Å². The van der Waals surface area contributed by atoms with E-state index in [1.54, 1.807) is 0 Å². The Morgan fingerprint density at radius 2 is 2.00 bits per heavy atom. The number of hydrogen-bond acceptors (Lipinski definition) is 3. The number of likely N-dealkylation sites (N-methyl/N-ethyl adjacent to an activating group) is 1. The molecule has 0 atom stereocenters. The lowest BCUT2D eigenvalue weighted by Gasteiger charge is -2.13. The summed E-state index contributed by atoms with van der Waals surface area (Å²) in [5.74, 6) is -0.549. The van der Waals surface area contributed by atoms with Gasteiger partial charge in [0.2, 0.25) is 0 Å². The average molecular weight is 275 g/mol. The zero-order valence-electron chi connectivity index (χ0n) is 10.7. The quantitative estimate of drug-likeness (QED) is 0.820. The Balaban J connectivity index is 2.82. The van der Waals surface area contributed by atoms with Gasteiger partial charge in [-0.05, 0) is 32.3 Å². The van der Waals surface area contributed by atoms with Gasteiger partial charge in [0.1, 0.15) is 0 Å². The van der Waals surface area contributed by atoms with Gasteiger partial charge in [-0.25, -0.2) is 0 Å². The van der Waals surface area contributed by atoms with Crippen molar-refractivity contribution in [2.45, 2.75) is 6.18 Å². The normalized spacial score (nSPS) is 11.7.